The van der Waals surface area contributed by atoms with Gasteiger partial charge in [-0.2, -0.15) is 0 Å². The van der Waals surface area contributed by atoms with Crippen molar-refractivity contribution in [3.8, 4) is 0 Å². The second-order valence-electron chi connectivity index (χ2n) is 4.07. The van der Waals surface area contributed by atoms with Crippen molar-refractivity contribution in [3.63, 3.8) is 0 Å². The molecule has 1 heterocycles. The lowest BCUT2D eigenvalue weighted by Gasteiger charge is -2.34. The number of rotatable bonds is 4. The van der Waals surface area contributed by atoms with Gasteiger partial charge < -0.3 is 0 Å². The fraction of sp³-hybridized carbons (Fsp3) is 0.727. The summed E-state index contributed by atoms with van der Waals surface area (Å²) in [6, 6.07) is 0.823. The average Bonchev–Trinajstić information content (AvgIpc) is 2.48. The molecule has 2 rings (SSSR count). The van der Waals surface area contributed by atoms with Crippen molar-refractivity contribution < 1.29 is 0 Å². The quantitative estimate of drug-likeness (QED) is 0.759. The molecule has 1 aliphatic carbocycles. The first-order chi connectivity index (χ1) is 6.79. The zero-order chi connectivity index (χ0) is 9.97. The summed E-state index contributed by atoms with van der Waals surface area (Å²) < 4.78 is 0. The maximum absolute atomic E-state index is 4.44. The number of aryl methyl sites for hydroxylation is 1. The second-order valence-corrected chi connectivity index (χ2v) is 5.27. The Kier molecular flexibility index (Phi) is 3.19. The lowest BCUT2D eigenvalue weighted by molar-refractivity contribution is 0.152. The van der Waals surface area contributed by atoms with Gasteiger partial charge in [0.1, 0.15) is 5.01 Å². The molecular weight excluding hydrogens is 192 g/mol. The smallest absolute Gasteiger partial charge is 0.107 e. The zero-order valence-electron chi connectivity index (χ0n) is 8.99. The van der Waals surface area contributed by atoms with E-state index in [1.54, 1.807) is 0 Å². The van der Waals surface area contributed by atoms with Crippen molar-refractivity contribution in [2.75, 3.05) is 7.05 Å². The second kappa shape index (κ2) is 4.41. The van der Waals surface area contributed by atoms with Crippen molar-refractivity contribution in [1.29, 1.82) is 0 Å². The summed E-state index contributed by atoms with van der Waals surface area (Å²) in [6.45, 7) is 3.22. The van der Waals surface area contributed by atoms with E-state index < -0.39 is 0 Å². The van der Waals surface area contributed by atoms with E-state index in [1.807, 2.05) is 17.5 Å². The Labute approximate surface area is 90.0 Å². The van der Waals surface area contributed by atoms with Crippen LogP contribution in [-0.2, 0) is 13.0 Å². The van der Waals surface area contributed by atoms with Crippen molar-refractivity contribution in [3.05, 3.63) is 16.1 Å². The van der Waals surface area contributed by atoms with Gasteiger partial charge >= 0.3 is 0 Å². The first kappa shape index (κ1) is 10.1. The summed E-state index contributed by atoms with van der Waals surface area (Å²) >= 11 is 1.86. The third-order valence-corrected chi connectivity index (χ3v) is 4.16. The first-order valence-electron chi connectivity index (χ1n) is 5.43. The van der Waals surface area contributed by atoms with Crippen molar-refractivity contribution in [2.45, 2.75) is 45.2 Å². The first-order valence-corrected chi connectivity index (χ1v) is 6.25. The minimum atomic E-state index is 0.823. The highest BCUT2D eigenvalue weighted by molar-refractivity contribution is 7.11. The van der Waals surface area contributed by atoms with Crippen molar-refractivity contribution >= 4 is 11.3 Å². The molecule has 0 aromatic carbocycles. The van der Waals surface area contributed by atoms with Crippen LogP contribution in [0.15, 0.2) is 6.20 Å². The Hall–Kier alpha value is -0.410. The fourth-order valence-electron chi connectivity index (χ4n) is 1.75. The number of aromatic nitrogens is 1. The summed E-state index contributed by atoms with van der Waals surface area (Å²) in [5, 5.41) is 1.27. The summed E-state index contributed by atoms with van der Waals surface area (Å²) in [5.41, 5.74) is 0. The van der Waals surface area contributed by atoms with Gasteiger partial charge in [0, 0.05) is 17.1 Å². The molecule has 78 valence electrons. The molecule has 1 aliphatic rings. The molecule has 3 heteroatoms. The molecule has 1 saturated carbocycles. The highest BCUT2D eigenvalue weighted by Gasteiger charge is 2.22. The molecule has 0 atom stereocenters. The van der Waals surface area contributed by atoms with Gasteiger partial charge in [-0.25, -0.2) is 4.98 Å². The van der Waals surface area contributed by atoms with E-state index in [4.69, 9.17) is 0 Å². The standard InChI is InChI=1S/C11H18N2S/c1-3-10-7-12-11(14-10)8-13(2)9-5-4-6-9/h7,9H,3-6,8H2,1-2H3. The predicted octanol–water partition coefficient (Wildman–Crippen LogP) is 2.69. The molecule has 0 bridgehead atoms. The van der Waals surface area contributed by atoms with Crippen molar-refractivity contribution in [1.82, 2.24) is 9.88 Å². The van der Waals surface area contributed by atoms with Gasteiger partial charge in [0.25, 0.3) is 0 Å². The molecule has 0 spiro atoms. The van der Waals surface area contributed by atoms with E-state index in [0.29, 0.717) is 0 Å². The van der Waals surface area contributed by atoms with Crippen LogP contribution in [0.3, 0.4) is 0 Å². The molecule has 0 unspecified atom stereocenters. The number of thiazole rings is 1. The van der Waals surface area contributed by atoms with Crippen LogP contribution >= 0.6 is 11.3 Å². The predicted molar refractivity (Wildman–Crippen MR) is 60.6 cm³/mol. The Bertz CT molecular complexity index is 291. The van der Waals surface area contributed by atoms with Crippen LogP contribution < -0.4 is 0 Å². The topological polar surface area (TPSA) is 16.1 Å². The van der Waals surface area contributed by atoms with Gasteiger partial charge in [-0.3, -0.25) is 4.90 Å². The van der Waals surface area contributed by atoms with Crippen LogP contribution in [0.25, 0.3) is 0 Å². The van der Waals surface area contributed by atoms with Gasteiger partial charge in [-0.05, 0) is 26.3 Å². The Morgan fingerprint density at radius 2 is 2.36 bits per heavy atom. The molecule has 0 aliphatic heterocycles. The molecule has 2 nitrogen and oxygen atoms in total. The number of hydrogen-bond acceptors (Lipinski definition) is 3. The van der Waals surface area contributed by atoms with Gasteiger partial charge in [0.05, 0.1) is 6.54 Å². The largest absolute Gasteiger partial charge is 0.297 e. The van der Waals surface area contributed by atoms with E-state index in [9.17, 15) is 0 Å². The molecule has 1 aromatic heterocycles. The summed E-state index contributed by atoms with van der Waals surface area (Å²) in [7, 11) is 2.22. The van der Waals surface area contributed by atoms with Crippen LogP contribution in [0, 0.1) is 0 Å². The summed E-state index contributed by atoms with van der Waals surface area (Å²) in [5.74, 6) is 0. The normalized spacial score (nSPS) is 17.4. The molecule has 0 radical (unpaired) electrons. The van der Waals surface area contributed by atoms with Crippen molar-refractivity contribution in [2.24, 2.45) is 0 Å². The average molecular weight is 210 g/mol. The van der Waals surface area contributed by atoms with E-state index >= 15 is 0 Å². The molecule has 0 saturated heterocycles. The van der Waals surface area contributed by atoms with Gasteiger partial charge in [-0.1, -0.05) is 13.3 Å². The van der Waals surface area contributed by atoms with Crippen LogP contribution in [0.2, 0.25) is 0 Å². The van der Waals surface area contributed by atoms with Gasteiger partial charge in [0.2, 0.25) is 0 Å². The van der Waals surface area contributed by atoms with Crippen LogP contribution in [-0.4, -0.2) is 23.0 Å². The highest BCUT2D eigenvalue weighted by Crippen LogP contribution is 2.25. The molecule has 14 heavy (non-hydrogen) atoms. The lowest BCUT2D eigenvalue weighted by Crippen LogP contribution is -2.36. The zero-order valence-corrected chi connectivity index (χ0v) is 9.81. The molecular formula is C11H18N2S. The molecule has 1 fully saturated rings. The van der Waals surface area contributed by atoms with Gasteiger partial charge in [-0.15, -0.1) is 11.3 Å². The van der Waals surface area contributed by atoms with Gasteiger partial charge in [0.15, 0.2) is 0 Å². The van der Waals surface area contributed by atoms with E-state index in [-0.39, 0.29) is 0 Å². The maximum atomic E-state index is 4.44. The monoisotopic (exact) mass is 210 g/mol. The minimum Gasteiger partial charge on any atom is -0.297 e. The molecule has 0 amide bonds. The van der Waals surface area contributed by atoms with E-state index in [1.165, 1.54) is 29.1 Å². The Balaban J connectivity index is 1.89. The fourth-order valence-corrected chi connectivity index (χ4v) is 2.68. The Morgan fingerprint density at radius 1 is 1.57 bits per heavy atom. The van der Waals surface area contributed by atoms with Crippen LogP contribution in [0.1, 0.15) is 36.1 Å². The molecule has 0 N–H and O–H groups in total. The van der Waals surface area contributed by atoms with Crippen LogP contribution in [0.5, 0.6) is 0 Å². The third kappa shape index (κ3) is 2.15. The highest BCUT2D eigenvalue weighted by atomic mass is 32.1. The molecule has 1 aromatic rings. The van der Waals surface area contributed by atoms with Crippen LogP contribution in [0.4, 0.5) is 0 Å². The number of hydrogen-bond donors (Lipinski definition) is 0. The maximum Gasteiger partial charge on any atom is 0.107 e. The number of nitrogens with zero attached hydrogens (tertiary/aromatic N) is 2. The SMILES string of the molecule is CCc1cnc(CN(C)C2CCC2)s1. The van der Waals surface area contributed by atoms with E-state index in [0.717, 1.165) is 19.0 Å². The van der Waals surface area contributed by atoms with E-state index in [2.05, 4.69) is 23.9 Å². The lowest BCUT2D eigenvalue weighted by atomic mass is 9.92. The summed E-state index contributed by atoms with van der Waals surface area (Å²) in [4.78, 5) is 8.30. The third-order valence-electron chi connectivity index (χ3n) is 3.03. The minimum absolute atomic E-state index is 0.823. The Morgan fingerprint density at radius 3 is 2.86 bits per heavy atom. The summed E-state index contributed by atoms with van der Waals surface area (Å²) in [6.07, 6.45) is 7.30.